The number of hydrogen-bond acceptors (Lipinski definition) is 4. The van der Waals surface area contributed by atoms with E-state index < -0.39 is 0 Å². The van der Waals surface area contributed by atoms with Crippen molar-refractivity contribution >= 4 is 5.65 Å². The van der Waals surface area contributed by atoms with Gasteiger partial charge in [0.2, 0.25) is 0 Å². The smallest absolute Gasteiger partial charge is 0.258 e. The molecule has 26 heavy (non-hydrogen) atoms. The Balaban J connectivity index is 1.50. The van der Waals surface area contributed by atoms with Gasteiger partial charge in [0.05, 0.1) is 12.8 Å². The Labute approximate surface area is 152 Å². The van der Waals surface area contributed by atoms with Crippen LogP contribution < -0.4 is 10.3 Å². The lowest BCUT2D eigenvalue weighted by molar-refractivity contribution is 0.241. The zero-order chi connectivity index (χ0) is 17.9. The van der Waals surface area contributed by atoms with Crippen LogP contribution in [0.4, 0.5) is 0 Å². The molecule has 0 spiro atoms. The highest BCUT2D eigenvalue weighted by atomic mass is 16.5. The Bertz CT molecular complexity index is 949. The van der Waals surface area contributed by atoms with Gasteiger partial charge in [0.15, 0.2) is 0 Å². The van der Waals surface area contributed by atoms with E-state index in [4.69, 9.17) is 4.74 Å². The number of ether oxygens (including phenoxy) is 1. The third-order valence-corrected chi connectivity index (χ3v) is 5.12. The first-order valence-electron chi connectivity index (χ1n) is 9.07. The minimum absolute atomic E-state index is 0.0171. The number of rotatable bonds is 5. The molecule has 0 radical (unpaired) electrons. The Morgan fingerprint density at radius 3 is 2.85 bits per heavy atom. The second kappa shape index (κ2) is 7.30. The molecule has 4 rings (SSSR count). The highest BCUT2D eigenvalue weighted by Gasteiger charge is 2.25. The van der Waals surface area contributed by atoms with Gasteiger partial charge in [-0.05, 0) is 55.6 Å². The van der Waals surface area contributed by atoms with Gasteiger partial charge in [-0.1, -0.05) is 18.2 Å². The van der Waals surface area contributed by atoms with Gasteiger partial charge < -0.3 is 4.74 Å². The van der Waals surface area contributed by atoms with Crippen molar-refractivity contribution in [1.29, 1.82) is 0 Å². The summed E-state index contributed by atoms with van der Waals surface area (Å²) in [4.78, 5) is 19.4. The maximum absolute atomic E-state index is 12.3. The molecular weight excluding hydrogens is 326 g/mol. The third-order valence-electron chi connectivity index (χ3n) is 5.12. The Morgan fingerprint density at radius 1 is 1.19 bits per heavy atom. The predicted molar refractivity (Wildman–Crippen MR) is 102 cm³/mol. The summed E-state index contributed by atoms with van der Waals surface area (Å²) < 4.78 is 6.82. The standard InChI is InChI=1S/C21H23N3O2/c1-26-19-9-7-16(8-10-19)13-18-5-4-11-23(18)15-17-14-21(25)24-12-3-2-6-20(24)22-17/h2-3,6-10,12,14,18H,4-5,11,13,15H2,1H3/t18-/m1/s1. The largest absolute Gasteiger partial charge is 0.497 e. The van der Waals surface area contributed by atoms with E-state index in [1.807, 2.05) is 30.3 Å². The van der Waals surface area contributed by atoms with Crippen molar-refractivity contribution in [2.24, 2.45) is 0 Å². The number of fused-ring (bicyclic) bond motifs is 1. The summed E-state index contributed by atoms with van der Waals surface area (Å²) in [5.41, 5.74) is 2.86. The minimum atomic E-state index is -0.0171. The second-order valence-corrected chi connectivity index (χ2v) is 6.83. The van der Waals surface area contributed by atoms with Gasteiger partial charge in [-0.2, -0.15) is 0 Å². The first-order valence-corrected chi connectivity index (χ1v) is 9.07. The molecule has 1 aliphatic rings. The summed E-state index contributed by atoms with van der Waals surface area (Å²) in [6.45, 7) is 1.78. The topological polar surface area (TPSA) is 46.8 Å². The van der Waals surface area contributed by atoms with Crippen molar-refractivity contribution in [3.05, 3.63) is 76.3 Å². The first-order chi connectivity index (χ1) is 12.7. The summed E-state index contributed by atoms with van der Waals surface area (Å²) in [5.74, 6) is 0.887. The van der Waals surface area contributed by atoms with Crippen LogP contribution in [0.15, 0.2) is 59.5 Å². The Hall–Kier alpha value is -2.66. The minimum Gasteiger partial charge on any atom is -0.497 e. The molecule has 3 aromatic rings. The monoisotopic (exact) mass is 349 g/mol. The summed E-state index contributed by atoms with van der Waals surface area (Å²) in [6.07, 6.45) is 5.14. The predicted octanol–water partition coefficient (Wildman–Crippen LogP) is 2.91. The molecular formula is C21H23N3O2. The van der Waals surface area contributed by atoms with Crippen molar-refractivity contribution < 1.29 is 4.74 Å². The molecule has 1 aliphatic heterocycles. The second-order valence-electron chi connectivity index (χ2n) is 6.83. The van der Waals surface area contributed by atoms with Gasteiger partial charge in [-0.25, -0.2) is 4.98 Å². The summed E-state index contributed by atoms with van der Waals surface area (Å²) in [6, 6.07) is 16.1. The molecule has 3 heterocycles. The van der Waals surface area contributed by atoms with E-state index in [0.29, 0.717) is 11.7 Å². The summed E-state index contributed by atoms with van der Waals surface area (Å²) in [5, 5.41) is 0. The molecule has 5 heteroatoms. The SMILES string of the molecule is COc1ccc(C[C@H]2CCCN2Cc2cc(=O)n3ccccc3n2)cc1. The zero-order valence-corrected chi connectivity index (χ0v) is 15.0. The molecule has 2 aromatic heterocycles. The highest BCUT2D eigenvalue weighted by molar-refractivity contribution is 5.38. The van der Waals surface area contributed by atoms with E-state index >= 15 is 0 Å². The van der Waals surface area contributed by atoms with Crippen molar-refractivity contribution in [2.45, 2.75) is 31.8 Å². The van der Waals surface area contributed by atoms with Gasteiger partial charge in [0.1, 0.15) is 11.4 Å². The van der Waals surface area contributed by atoms with E-state index in [9.17, 15) is 4.79 Å². The lowest BCUT2D eigenvalue weighted by Gasteiger charge is -2.24. The molecule has 0 unspecified atom stereocenters. The molecule has 0 saturated carbocycles. The number of nitrogens with zero attached hydrogens (tertiary/aromatic N) is 3. The molecule has 134 valence electrons. The molecule has 1 atom stereocenters. The van der Waals surface area contributed by atoms with Crippen LogP contribution in [0.1, 0.15) is 24.1 Å². The van der Waals surface area contributed by atoms with Gasteiger partial charge in [-0.3, -0.25) is 14.1 Å². The van der Waals surface area contributed by atoms with Crippen LogP contribution >= 0.6 is 0 Å². The normalized spacial score (nSPS) is 17.7. The Kier molecular flexibility index (Phi) is 4.71. The number of likely N-dealkylation sites (tertiary alicyclic amines) is 1. The van der Waals surface area contributed by atoms with E-state index in [1.54, 1.807) is 23.8 Å². The van der Waals surface area contributed by atoms with E-state index in [1.165, 1.54) is 18.4 Å². The average molecular weight is 349 g/mol. The zero-order valence-electron chi connectivity index (χ0n) is 15.0. The number of benzene rings is 1. The molecule has 5 nitrogen and oxygen atoms in total. The van der Waals surface area contributed by atoms with E-state index in [-0.39, 0.29) is 5.56 Å². The Morgan fingerprint density at radius 2 is 2.04 bits per heavy atom. The quantitative estimate of drug-likeness (QED) is 0.711. The van der Waals surface area contributed by atoms with Crippen molar-refractivity contribution in [2.75, 3.05) is 13.7 Å². The highest BCUT2D eigenvalue weighted by Crippen LogP contribution is 2.23. The first kappa shape index (κ1) is 16.8. The van der Waals surface area contributed by atoms with Crippen LogP contribution in [-0.2, 0) is 13.0 Å². The van der Waals surface area contributed by atoms with E-state index in [0.717, 1.165) is 31.0 Å². The van der Waals surface area contributed by atoms with Gasteiger partial charge in [0, 0.05) is 24.8 Å². The fourth-order valence-corrected chi connectivity index (χ4v) is 3.76. The van der Waals surface area contributed by atoms with Crippen LogP contribution in [0, 0.1) is 0 Å². The maximum atomic E-state index is 12.3. The van der Waals surface area contributed by atoms with Crippen molar-refractivity contribution in [1.82, 2.24) is 14.3 Å². The van der Waals surface area contributed by atoms with Crippen LogP contribution in [0.25, 0.3) is 5.65 Å². The molecule has 0 bridgehead atoms. The molecule has 1 saturated heterocycles. The van der Waals surface area contributed by atoms with Gasteiger partial charge >= 0.3 is 0 Å². The molecule has 0 N–H and O–H groups in total. The molecule has 0 amide bonds. The average Bonchev–Trinajstić information content (AvgIpc) is 3.09. The summed E-state index contributed by atoms with van der Waals surface area (Å²) >= 11 is 0. The van der Waals surface area contributed by atoms with E-state index in [2.05, 4.69) is 22.0 Å². The third kappa shape index (κ3) is 3.48. The lowest BCUT2D eigenvalue weighted by atomic mass is 10.0. The van der Waals surface area contributed by atoms with Crippen LogP contribution in [0.2, 0.25) is 0 Å². The van der Waals surface area contributed by atoms with Crippen molar-refractivity contribution in [3.63, 3.8) is 0 Å². The fraction of sp³-hybridized carbons (Fsp3) is 0.333. The molecule has 1 fully saturated rings. The van der Waals surface area contributed by atoms with Crippen LogP contribution in [0.3, 0.4) is 0 Å². The molecule has 0 aliphatic carbocycles. The number of methoxy groups -OCH3 is 1. The lowest BCUT2D eigenvalue weighted by Crippen LogP contribution is -2.31. The van der Waals surface area contributed by atoms with Crippen molar-refractivity contribution in [3.8, 4) is 5.75 Å². The van der Waals surface area contributed by atoms with Gasteiger partial charge in [0.25, 0.3) is 5.56 Å². The summed E-state index contributed by atoms with van der Waals surface area (Å²) in [7, 11) is 1.69. The van der Waals surface area contributed by atoms with Crippen LogP contribution in [-0.4, -0.2) is 34.0 Å². The fourth-order valence-electron chi connectivity index (χ4n) is 3.76. The van der Waals surface area contributed by atoms with Crippen LogP contribution in [0.5, 0.6) is 5.75 Å². The molecule has 1 aromatic carbocycles. The maximum Gasteiger partial charge on any atom is 0.258 e. The number of hydrogen-bond donors (Lipinski definition) is 0. The number of aromatic nitrogens is 2. The van der Waals surface area contributed by atoms with Gasteiger partial charge in [-0.15, -0.1) is 0 Å². The number of pyridine rings is 1.